The van der Waals surface area contributed by atoms with Gasteiger partial charge in [0.1, 0.15) is 0 Å². The highest BCUT2D eigenvalue weighted by Gasteiger charge is 2.29. The number of rotatable bonds is 6. The molecular weight excluding hydrogens is 366 g/mol. The summed E-state index contributed by atoms with van der Waals surface area (Å²) in [5.41, 5.74) is 1.76. The fourth-order valence-electron chi connectivity index (χ4n) is 2.64. The van der Waals surface area contributed by atoms with E-state index in [1.54, 1.807) is 43.3 Å². The van der Waals surface area contributed by atoms with Crippen LogP contribution < -0.4 is 15.8 Å². The number of hydrogen-bond donors (Lipinski definition) is 3. The Morgan fingerprint density at radius 2 is 1.78 bits per heavy atom. The van der Waals surface area contributed by atoms with Gasteiger partial charge in [-0.15, -0.1) is 0 Å². The van der Waals surface area contributed by atoms with Gasteiger partial charge in [0.2, 0.25) is 15.9 Å². The molecule has 1 fully saturated rings. The third-order valence-electron chi connectivity index (χ3n) is 4.40. The lowest BCUT2D eigenvalue weighted by molar-refractivity contribution is -0.117. The molecule has 2 amide bonds. The number of amides is 2. The molecule has 2 aromatic rings. The summed E-state index contributed by atoms with van der Waals surface area (Å²) < 4.78 is 22.6. The van der Waals surface area contributed by atoms with E-state index in [1.807, 2.05) is 0 Å². The van der Waals surface area contributed by atoms with Crippen LogP contribution in [0.3, 0.4) is 0 Å². The Labute approximate surface area is 158 Å². The number of nitrogens with one attached hydrogen (secondary N) is 2. The van der Waals surface area contributed by atoms with Crippen molar-refractivity contribution in [3.63, 3.8) is 0 Å². The van der Waals surface area contributed by atoms with Gasteiger partial charge in [-0.3, -0.25) is 9.59 Å². The number of primary sulfonamides is 1. The molecule has 1 aliphatic rings. The Morgan fingerprint density at radius 1 is 1.11 bits per heavy atom. The number of anilines is 1. The molecule has 0 bridgehead atoms. The molecule has 2 aromatic carbocycles. The van der Waals surface area contributed by atoms with Crippen LogP contribution in [0.2, 0.25) is 0 Å². The number of sulfonamides is 1. The average Bonchev–Trinajstić information content (AvgIpc) is 3.46. The van der Waals surface area contributed by atoms with Gasteiger partial charge >= 0.3 is 0 Å². The minimum absolute atomic E-state index is 0.0175. The normalized spacial score (nSPS) is 15.0. The van der Waals surface area contributed by atoms with Crippen LogP contribution in [-0.2, 0) is 14.8 Å². The molecule has 8 heteroatoms. The molecule has 0 heterocycles. The van der Waals surface area contributed by atoms with Gasteiger partial charge in [0, 0.05) is 17.2 Å². The van der Waals surface area contributed by atoms with Crippen molar-refractivity contribution in [1.82, 2.24) is 5.32 Å². The van der Waals surface area contributed by atoms with Gasteiger partial charge < -0.3 is 10.6 Å². The zero-order valence-electron chi connectivity index (χ0n) is 14.8. The van der Waals surface area contributed by atoms with E-state index in [4.69, 9.17) is 5.14 Å². The van der Waals surface area contributed by atoms with Gasteiger partial charge in [0.05, 0.1) is 10.9 Å². The van der Waals surface area contributed by atoms with Gasteiger partial charge in [0.25, 0.3) is 5.91 Å². The van der Waals surface area contributed by atoms with Gasteiger partial charge in [-0.1, -0.05) is 18.2 Å². The van der Waals surface area contributed by atoms with Gasteiger partial charge in [0.15, 0.2) is 0 Å². The summed E-state index contributed by atoms with van der Waals surface area (Å²) in [6, 6.07) is 12.4. The molecular formula is C19H21N3O4S. The van der Waals surface area contributed by atoms with Gasteiger partial charge in [-0.2, -0.15) is 0 Å². The molecule has 3 rings (SSSR count). The molecule has 7 nitrogen and oxygen atoms in total. The molecule has 1 atom stereocenters. The summed E-state index contributed by atoms with van der Waals surface area (Å²) in [5, 5.41) is 10.8. The van der Waals surface area contributed by atoms with Crippen molar-refractivity contribution >= 4 is 27.5 Å². The van der Waals surface area contributed by atoms with Crippen molar-refractivity contribution in [2.24, 2.45) is 11.1 Å². The molecule has 0 aliphatic heterocycles. The number of carbonyl (C=O) groups is 2. The largest absolute Gasteiger partial charge is 0.346 e. The van der Waals surface area contributed by atoms with E-state index in [0.29, 0.717) is 11.3 Å². The van der Waals surface area contributed by atoms with Gasteiger partial charge in [-0.25, -0.2) is 13.6 Å². The van der Waals surface area contributed by atoms with E-state index >= 15 is 0 Å². The molecule has 0 saturated heterocycles. The Morgan fingerprint density at radius 3 is 2.37 bits per heavy atom. The first-order valence-electron chi connectivity index (χ1n) is 8.58. The summed E-state index contributed by atoms with van der Waals surface area (Å²) >= 11 is 0. The van der Waals surface area contributed by atoms with Crippen LogP contribution in [0.1, 0.15) is 41.7 Å². The van der Waals surface area contributed by atoms with E-state index in [2.05, 4.69) is 10.6 Å². The summed E-state index contributed by atoms with van der Waals surface area (Å²) in [6.45, 7) is 1.79. The second-order valence-corrected chi connectivity index (χ2v) is 8.21. The van der Waals surface area contributed by atoms with Crippen molar-refractivity contribution in [2.75, 3.05) is 5.32 Å². The Bertz CT molecular complexity index is 967. The summed E-state index contributed by atoms with van der Waals surface area (Å²) in [6.07, 6.45) is 1.82. The predicted molar refractivity (Wildman–Crippen MR) is 101 cm³/mol. The minimum Gasteiger partial charge on any atom is -0.346 e. The third kappa shape index (κ3) is 4.93. The summed E-state index contributed by atoms with van der Waals surface area (Å²) in [5.74, 6) is -0.223. The topological polar surface area (TPSA) is 118 Å². The zero-order valence-corrected chi connectivity index (χ0v) is 15.6. The van der Waals surface area contributed by atoms with Crippen LogP contribution in [0.5, 0.6) is 0 Å². The van der Waals surface area contributed by atoms with Crippen LogP contribution in [0.4, 0.5) is 5.69 Å². The predicted octanol–water partition coefficient (Wildman–Crippen LogP) is 2.17. The van der Waals surface area contributed by atoms with Crippen LogP contribution >= 0.6 is 0 Å². The lowest BCUT2D eigenvalue weighted by atomic mass is 10.1. The lowest BCUT2D eigenvalue weighted by Gasteiger charge is -2.15. The monoisotopic (exact) mass is 387 g/mol. The molecule has 1 unspecified atom stereocenters. The van der Waals surface area contributed by atoms with E-state index in [1.165, 1.54) is 12.1 Å². The molecule has 0 radical (unpaired) electrons. The highest BCUT2D eigenvalue weighted by atomic mass is 32.2. The maximum absolute atomic E-state index is 12.5. The average molecular weight is 387 g/mol. The van der Waals surface area contributed by atoms with Crippen molar-refractivity contribution in [3.8, 4) is 0 Å². The Hall–Kier alpha value is -2.71. The quantitative estimate of drug-likeness (QED) is 0.704. The van der Waals surface area contributed by atoms with Crippen molar-refractivity contribution < 1.29 is 18.0 Å². The molecule has 1 saturated carbocycles. The van der Waals surface area contributed by atoms with E-state index < -0.39 is 10.0 Å². The molecule has 142 valence electrons. The summed E-state index contributed by atoms with van der Waals surface area (Å²) in [7, 11) is -3.75. The fourth-order valence-corrected chi connectivity index (χ4v) is 3.15. The molecule has 1 aliphatic carbocycles. The second kappa shape index (κ2) is 7.50. The SMILES string of the molecule is CC(NC(=O)c1cccc(NC(=O)C2CC2)c1)c1ccc(S(N)(=O)=O)cc1. The van der Waals surface area contributed by atoms with Crippen LogP contribution in [0.15, 0.2) is 53.4 Å². The maximum atomic E-state index is 12.5. The van der Waals surface area contributed by atoms with Crippen molar-refractivity contribution in [1.29, 1.82) is 0 Å². The van der Waals surface area contributed by atoms with Crippen LogP contribution in [0, 0.1) is 5.92 Å². The van der Waals surface area contributed by atoms with Crippen LogP contribution in [0.25, 0.3) is 0 Å². The first kappa shape index (κ1) is 19.1. The van der Waals surface area contributed by atoms with E-state index in [-0.39, 0.29) is 28.7 Å². The fraction of sp³-hybridized carbons (Fsp3) is 0.263. The van der Waals surface area contributed by atoms with Crippen LogP contribution in [-0.4, -0.2) is 20.2 Å². The lowest BCUT2D eigenvalue weighted by Crippen LogP contribution is -2.27. The molecule has 27 heavy (non-hydrogen) atoms. The molecule has 0 aromatic heterocycles. The highest BCUT2D eigenvalue weighted by molar-refractivity contribution is 7.89. The highest BCUT2D eigenvalue weighted by Crippen LogP contribution is 2.30. The van der Waals surface area contributed by atoms with E-state index in [0.717, 1.165) is 18.4 Å². The maximum Gasteiger partial charge on any atom is 0.251 e. The summed E-state index contributed by atoms with van der Waals surface area (Å²) in [4.78, 5) is 24.4. The third-order valence-corrected chi connectivity index (χ3v) is 5.33. The number of hydrogen-bond acceptors (Lipinski definition) is 4. The molecule has 4 N–H and O–H groups in total. The standard InChI is InChI=1S/C19H21N3O4S/c1-12(13-7-9-17(10-8-13)27(20,25)26)21-19(24)15-3-2-4-16(11-15)22-18(23)14-5-6-14/h2-4,7-12,14H,5-6H2,1H3,(H,21,24)(H,22,23)(H2,20,25,26). The zero-order chi connectivity index (χ0) is 19.6. The van der Waals surface area contributed by atoms with Crippen molar-refractivity contribution in [2.45, 2.75) is 30.7 Å². The number of carbonyl (C=O) groups excluding carboxylic acids is 2. The smallest absolute Gasteiger partial charge is 0.251 e. The van der Waals surface area contributed by atoms with Crippen molar-refractivity contribution in [3.05, 3.63) is 59.7 Å². The van der Waals surface area contributed by atoms with E-state index in [9.17, 15) is 18.0 Å². The second-order valence-electron chi connectivity index (χ2n) is 6.65. The minimum atomic E-state index is -3.75. The first-order chi connectivity index (χ1) is 12.7. The Kier molecular flexibility index (Phi) is 5.29. The first-order valence-corrected chi connectivity index (χ1v) is 10.1. The Balaban J connectivity index is 1.66. The number of nitrogens with two attached hydrogens (primary N) is 1. The van der Waals surface area contributed by atoms with Gasteiger partial charge in [-0.05, 0) is 55.7 Å². The molecule has 0 spiro atoms. The number of benzene rings is 2.